The molecule has 3 heteroatoms. The van der Waals surface area contributed by atoms with Gasteiger partial charge in [-0.1, -0.05) is 37.3 Å². The number of likely N-dealkylation sites (N-methyl/N-ethyl adjacent to an activating group) is 1. The molecule has 2 unspecified atom stereocenters. The Hall–Kier alpha value is -1.35. The van der Waals surface area contributed by atoms with Gasteiger partial charge in [-0.25, -0.2) is 0 Å². The van der Waals surface area contributed by atoms with Gasteiger partial charge in [-0.15, -0.1) is 0 Å². The molecule has 0 amide bonds. The second kappa shape index (κ2) is 4.94. The van der Waals surface area contributed by atoms with Crippen LogP contribution in [-0.2, 0) is 4.79 Å². The molecule has 0 radical (unpaired) electrons. The summed E-state index contributed by atoms with van der Waals surface area (Å²) in [5.74, 6) is -0.796. The first-order valence-electron chi connectivity index (χ1n) is 4.98. The number of benzene rings is 1. The number of carbonyl (C=O) groups is 1. The van der Waals surface area contributed by atoms with Crippen LogP contribution in [0, 0.1) is 0 Å². The highest BCUT2D eigenvalue weighted by Crippen LogP contribution is 2.21. The zero-order valence-corrected chi connectivity index (χ0v) is 9.34. The summed E-state index contributed by atoms with van der Waals surface area (Å²) in [5, 5.41) is 9.13. The van der Waals surface area contributed by atoms with Gasteiger partial charge in [-0.2, -0.15) is 0 Å². The average Bonchev–Trinajstić information content (AvgIpc) is 2.18. The lowest BCUT2D eigenvalue weighted by Crippen LogP contribution is -2.39. The molecule has 1 N–H and O–H groups in total. The molecule has 3 nitrogen and oxygen atoms in total. The molecule has 0 aliphatic heterocycles. The molecular weight excluding hydrogens is 190 g/mol. The first-order chi connectivity index (χ1) is 7.04. The van der Waals surface area contributed by atoms with E-state index in [1.165, 1.54) is 0 Å². The lowest BCUT2D eigenvalue weighted by molar-refractivity contribution is -0.143. The van der Waals surface area contributed by atoms with Crippen LogP contribution in [0.2, 0.25) is 0 Å². The number of aliphatic carboxylic acids is 1. The summed E-state index contributed by atoms with van der Waals surface area (Å²) in [7, 11) is 3.58. The Balaban J connectivity index is 2.91. The fraction of sp³-hybridized carbons (Fsp3) is 0.417. The van der Waals surface area contributed by atoms with Crippen molar-refractivity contribution in [3.63, 3.8) is 0 Å². The molecule has 0 saturated heterocycles. The number of nitrogens with zero attached hydrogens (tertiary/aromatic N) is 1. The van der Waals surface area contributed by atoms with Crippen molar-refractivity contribution in [3.8, 4) is 0 Å². The quantitative estimate of drug-likeness (QED) is 0.818. The Bertz CT molecular complexity index is 322. The van der Waals surface area contributed by atoms with Crippen LogP contribution in [0.5, 0.6) is 0 Å². The third-order valence-electron chi connectivity index (χ3n) is 2.61. The van der Waals surface area contributed by atoms with Gasteiger partial charge in [-0.3, -0.25) is 9.69 Å². The second-order valence-electron chi connectivity index (χ2n) is 3.95. The van der Waals surface area contributed by atoms with E-state index in [4.69, 9.17) is 5.11 Å². The minimum absolute atomic E-state index is 0.0151. The van der Waals surface area contributed by atoms with Crippen molar-refractivity contribution in [2.75, 3.05) is 14.1 Å². The van der Waals surface area contributed by atoms with Gasteiger partial charge in [0.25, 0.3) is 0 Å². The lowest BCUT2D eigenvalue weighted by Gasteiger charge is -2.26. The predicted octanol–water partition coefficient (Wildman–Crippen LogP) is 1.80. The smallest absolute Gasteiger partial charge is 0.321 e. The summed E-state index contributed by atoms with van der Waals surface area (Å²) in [6, 6.07) is 9.24. The van der Waals surface area contributed by atoms with Crippen LogP contribution in [0.25, 0.3) is 0 Å². The minimum atomic E-state index is -0.781. The van der Waals surface area contributed by atoms with Crippen LogP contribution in [-0.4, -0.2) is 36.1 Å². The van der Waals surface area contributed by atoms with Crippen LogP contribution in [0.3, 0.4) is 0 Å². The molecule has 0 bridgehead atoms. The third kappa shape index (κ3) is 2.80. The molecule has 0 saturated carbocycles. The number of carboxylic acid groups (broad SMARTS) is 1. The maximum atomic E-state index is 11.1. The Labute approximate surface area is 90.3 Å². The van der Waals surface area contributed by atoms with Crippen LogP contribution >= 0.6 is 0 Å². The topological polar surface area (TPSA) is 40.5 Å². The molecule has 1 aromatic rings. The molecule has 0 aromatic heterocycles. The first kappa shape index (κ1) is 11.7. The molecule has 1 aromatic carbocycles. The summed E-state index contributed by atoms with van der Waals surface area (Å²) in [5.41, 5.74) is 1.05. The van der Waals surface area contributed by atoms with Crippen molar-refractivity contribution < 1.29 is 9.90 Å². The Morgan fingerprint density at radius 2 is 1.80 bits per heavy atom. The van der Waals surface area contributed by atoms with E-state index in [-0.39, 0.29) is 5.92 Å². The van der Waals surface area contributed by atoms with E-state index in [0.717, 1.165) is 5.56 Å². The normalized spacial score (nSPS) is 14.9. The van der Waals surface area contributed by atoms with Gasteiger partial charge in [0.15, 0.2) is 0 Å². The highest BCUT2D eigenvalue weighted by atomic mass is 16.4. The third-order valence-corrected chi connectivity index (χ3v) is 2.61. The van der Waals surface area contributed by atoms with Gasteiger partial charge in [0.2, 0.25) is 0 Å². The molecule has 2 atom stereocenters. The summed E-state index contributed by atoms with van der Waals surface area (Å²) in [6.45, 7) is 1.94. The monoisotopic (exact) mass is 207 g/mol. The summed E-state index contributed by atoms with van der Waals surface area (Å²) in [6.07, 6.45) is 0. The minimum Gasteiger partial charge on any atom is -0.480 e. The van der Waals surface area contributed by atoms with Crippen LogP contribution in [0.4, 0.5) is 0 Å². The van der Waals surface area contributed by atoms with E-state index < -0.39 is 12.0 Å². The first-order valence-corrected chi connectivity index (χ1v) is 4.98. The van der Waals surface area contributed by atoms with Crippen LogP contribution < -0.4 is 0 Å². The Morgan fingerprint density at radius 1 is 1.27 bits per heavy atom. The molecule has 15 heavy (non-hydrogen) atoms. The molecule has 0 aliphatic rings. The van der Waals surface area contributed by atoms with Gasteiger partial charge in [0.05, 0.1) is 0 Å². The van der Waals surface area contributed by atoms with Crippen LogP contribution in [0.1, 0.15) is 18.4 Å². The van der Waals surface area contributed by atoms with Crippen molar-refractivity contribution in [1.82, 2.24) is 4.90 Å². The van der Waals surface area contributed by atoms with Gasteiger partial charge in [0.1, 0.15) is 6.04 Å². The SMILES string of the molecule is CC(c1ccccc1)C(C(=O)O)N(C)C. The van der Waals surface area contributed by atoms with Crippen molar-refractivity contribution in [2.45, 2.75) is 18.9 Å². The molecule has 82 valence electrons. The predicted molar refractivity (Wildman–Crippen MR) is 60.0 cm³/mol. The van der Waals surface area contributed by atoms with Gasteiger partial charge in [-0.05, 0) is 19.7 Å². The number of hydrogen-bond acceptors (Lipinski definition) is 2. The fourth-order valence-electron chi connectivity index (χ4n) is 1.82. The van der Waals surface area contributed by atoms with Crippen molar-refractivity contribution in [1.29, 1.82) is 0 Å². The van der Waals surface area contributed by atoms with E-state index in [1.54, 1.807) is 19.0 Å². The zero-order valence-electron chi connectivity index (χ0n) is 9.34. The van der Waals surface area contributed by atoms with Crippen molar-refractivity contribution >= 4 is 5.97 Å². The Kier molecular flexibility index (Phi) is 3.86. The number of carboxylic acids is 1. The van der Waals surface area contributed by atoms with E-state index in [2.05, 4.69) is 0 Å². The molecule has 1 rings (SSSR count). The molecule has 0 aliphatic carbocycles. The molecule has 0 spiro atoms. The fourth-order valence-corrected chi connectivity index (χ4v) is 1.82. The molecule has 0 fully saturated rings. The van der Waals surface area contributed by atoms with Crippen molar-refractivity contribution in [3.05, 3.63) is 35.9 Å². The zero-order chi connectivity index (χ0) is 11.4. The number of rotatable bonds is 4. The van der Waals surface area contributed by atoms with Crippen LogP contribution in [0.15, 0.2) is 30.3 Å². The number of hydrogen-bond donors (Lipinski definition) is 1. The standard InChI is InChI=1S/C12H17NO2/c1-9(10-7-5-4-6-8-10)11(12(14)15)13(2)3/h4-9,11H,1-3H3,(H,14,15). The van der Waals surface area contributed by atoms with Gasteiger partial charge in [0, 0.05) is 5.92 Å². The highest BCUT2D eigenvalue weighted by Gasteiger charge is 2.27. The molecule has 0 heterocycles. The largest absolute Gasteiger partial charge is 0.480 e. The summed E-state index contributed by atoms with van der Waals surface area (Å²) in [4.78, 5) is 12.9. The van der Waals surface area contributed by atoms with Gasteiger partial charge < -0.3 is 5.11 Å². The van der Waals surface area contributed by atoms with E-state index in [0.29, 0.717) is 0 Å². The molecular formula is C12H17NO2. The van der Waals surface area contributed by atoms with E-state index >= 15 is 0 Å². The summed E-state index contributed by atoms with van der Waals surface area (Å²) < 4.78 is 0. The summed E-state index contributed by atoms with van der Waals surface area (Å²) >= 11 is 0. The maximum absolute atomic E-state index is 11.1. The average molecular weight is 207 g/mol. The van der Waals surface area contributed by atoms with Crippen molar-refractivity contribution in [2.24, 2.45) is 0 Å². The second-order valence-corrected chi connectivity index (χ2v) is 3.95. The maximum Gasteiger partial charge on any atom is 0.321 e. The van der Waals surface area contributed by atoms with E-state index in [1.807, 2.05) is 37.3 Å². The van der Waals surface area contributed by atoms with E-state index in [9.17, 15) is 4.79 Å². The van der Waals surface area contributed by atoms with Gasteiger partial charge >= 0.3 is 5.97 Å². The lowest BCUT2D eigenvalue weighted by atomic mass is 9.93. The highest BCUT2D eigenvalue weighted by molar-refractivity contribution is 5.74. The Morgan fingerprint density at radius 3 is 2.20 bits per heavy atom.